The molecule has 0 amide bonds. The molecule has 0 bridgehead atoms. The van der Waals surface area contributed by atoms with Gasteiger partial charge in [0, 0.05) is 6.04 Å². The zero-order valence-corrected chi connectivity index (χ0v) is 10.2. The molecule has 2 heteroatoms. The Bertz CT molecular complexity index is 334. The van der Waals surface area contributed by atoms with Crippen LogP contribution in [0.15, 0.2) is 30.3 Å². The molecule has 1 aliphatic heterocycles. The number of hydrogen-bond acceptors (Lipinski definition) is 2. The van der Waals surface area contributed by atoms with E-state index in [4.69, 9.17) is 0 Å². The summed E-state index contributed by atoms with van der Waals surface area (Å²) >= 11 is 0. The highest BCUT2D eigenvalue weighted by atomic mass is 16.3. The van der Waals surface area contributed by atoms with Crippen molar-refractivity contribution in [2.45, 2.75) is 37.8 Å². The number of hydrogen-bond donors (Lipinski definition) is 1. The smallest absolute Gasteiger partial charge is 0.102 e. The largest absolute Gasteiger partial charge is 0.384 e. The zero-order chi connectivity index (χ0) is 11.6. The third-order valence-electron chi connectivity index (χ3n) is 3.78. The first-order valence-corrected chi connectivity index (χ1v) is 6.10. The lowest BCUT2D eigenvalue weighted by molar-refractivity contribution is -0.0450. The Kier molecular flexibility index (Phi) is 3.31. The normalized spacial score (nSPS) is 26.3. The van der Waals surface area contributed by atoms with Crippen LogP contribution in [0.1, 0.15) is 31.7 Å². The Labute approximate surface area is 97.9 Å². The summed E-state index contributed by atoms with van der Waals surface area (Å²) in [5.74, 6) is 0. The zero-order valence-electron chi connectivity index (χ0n) is 10.2. The van der Waals surface area contributed by atoms with Gasteiger partial charge in [0.1, 0.15) is 5.60 Å². The average Bonchev–Trinajstić information content (AvgIpc) is 2.30. The van der Waals surface area contributed by atoms with Crippen molar-refractivity contribution in [3.8, 4) is 0 Å². The first kappa shape index (κ1) is 11.6. The van der Waals surface area contributed by atoms with E-state index in [0.29, 0.717) is 0 Å². The van der Waals surface area contributed by atoms with Crippen molar-refractivity contribution in [2.75, 3.05) is 13.6 Å². The molecule has 1 heterocycles. The predicted octanol–water partition coefficient (Wildman–Crippen LogP) is 2.38. The number of nitrogens with zero attached hydrogens (tertiary/aromatic N) is 1. The van der Waals surface area contributed by atoms with Gasteiger partial charge in [0.2, 0.25) is 0 Å². The topological polar surface area (TPSA) is 23.5 Å². The Morgan fingerprint density at radius 3 is 2.56 bits per heavy atom. The van der Waals surface area contributed by atoms with E-state index in [1.54, 1.807) is 0 Å². The molecule has 0 spiro atoms. The van der Waals surface area contributed by atoms with E-state index in [1.165, 1.54) is 12.8 Å². The van der Waals surface area contributed by atoms with Crippen molar-refractivity contribution in [3.63, 3.8) is 0 Å². The van der Waals surface area contributed by atoms with Gasteiger partial charge in [-0.1, -0.05) is 36.8 Å². The van der Waals surface area contributed by atoms with Crippen LogP contribution < -0.4 is 0 Å². The van der Waals surface area contributed by atoms with Gasteiger partial charge in [0.25, 0.3) is 0 Å². The maximum absolute atomic E-state index is 10.7. The standard InChI is InChI=1S/C14H21NO/c1-14(16,12-8-4-3-5-9-12)13-10-6-7-11-15(13)2/h3-5,8-9,13,16H,6-7,10-11H2,1-2H3/t13-,14-/m0/s1. The molecule has 2 atom stereocenters. The van der Waals surface area contributed by atoms with Gasteiger partial charge in [-0.3, -0.25) is 0 Å². The molecular weight excluding hydrogens is 198 g/mol. The number of aliphatic hydroxyl groups is 1. The van der Waals surface area contributed by atoms with Crippen LogP contribution in [0.4, 0.5) is 0 Å². The fraction of sp³-hybridized carbons (Fsp3) is 0.571. The third-order valence-corrected chi connectivity index (χ3v) is 3.78. The van der Waals surface area contributed by atoms with Crippen LogP contribution >= 0.6 is 0 Å². The van der Waals surface area contributed by atoms with Gasteiger partial charge in [-0.05, 0) is 38.9 Å². The van der Waals surface area contributed by atoms with Gasteiger partial charge in [0.05, 0.1) is 0 Å². The molecule has 0 radical (unpaired) electrons. The molecule has 1 saturated heterocycles. The monoisotopic (exact) mass is 219 g/mol. The van der Waals surface area contributed by atoms with E-state index in [9.17, 15) is 5.11 Å². The molecule has 0 aromatic heterocycles. The van der Waals surface area contributed by atoms with Gasteiger partial charge in [-0.15, -0.1) is 0 Å². The number of piperidine rings is 1. The molecule has 2 nitrogen and oxygen atoms in total. The summed E-state index contributed by atoms with van der Waals surface area (Å²) in [6.45, 7) is 3.03. The van der Waals surface area contributed by atoms with Gasteiger partial charge >= 0.3 is 0 Å². The summed E-state index contributed by atoms with van der Waals surface area (Å²) in [5, 5.41) is 10.7. The third kappa shape index (κ3) is 2.13. The molecule has 2 rings (SSSR count). The van der Waals surface area contributed by atoms with Gasteiger partial charge in [-0.25, -0.2) is 0 Å². The molecule has 1 aliphatic rings. The number of rotatable bonds is 2. The fourth-order valence-corrected chi connectivity index (χ4v) is 2.75. The maximum Gasteiger partial charge on any atom is 0.102 e. The summed E-state index contributed by atoms with van der Waals surface area (Å²) in [6, 6.07) is 10.2. The predicted molar refractivity (Wildman–Crippen MR) is 66.3 cm³/mol. The van der Waals surface area contributed by atoms with Crippen LogP contribution in [0.25, 0.3) is 0 Å². The summed E-state index contributed by atoms with van der Waals surface area (Å²) < 4.78 is 0. The second-order valence-corrected chi connectivity index (χ2v) is 5.01. The fourth-order valence-electron chi connectivity index (χ4n) is 2.75. The second-order valence-electron chi connectivity index (χ2n) is 5.01. The quantitative estimate of drug-likeness (QED) is 0.825. The lowest BCUT2D eigenvalue weighted by Crippen LogP contribution is -2.49. The van der Waals surface area contributed by atoms with E-state index < -0.39 is 5.60 Å². The van der Waals surface area contributed by atoms with Crippen molar-refractivity contribution < 1.29 is 5.11 Å². The summed E-state index contributed by atoms with van der Waals surface area (Å²) in [5.41, 5.74) is 0.282. The van der Waals surface area contributed by atoms with E-state index in [0.717, 1.165) is 18.5 Å². The summed E-state index contributed by atoms with van der Waals surface area (Å²) in [6.07, 6.45) is 3.55. The van der Waals surface area contributed by atoms with Gasteiger partial charge in [-0.2, -0.15) is 0 Å². The van der Waals surface area contributed by atoms with Crippen LogP contribution in [-0.4, -0.2) is 29.6 Å². The molecular formula is C14H21NO. The molecule has 0 saturated carbocycles. The first-order chi connectivity index (χ1) is 7.62. The Hall–Kier alpha value is -0.860. The molecule has 0 unspecified atom stereocenters. The SMILES string of the molecule is CN1CCCC[C@H]1[C@@](C)(O)c1ccccc1. The minimum absolute atomic E-state index is 0.239. The first-order valence-electron chi connectivity index (χ1n) is 6.10. The summed E-state index contributed by atoms with van der Waals surface area (Å²) in [7, 11) is 2.11. The van der Waals surface area contributed by atoms with Crippen LogP contribution in [0.2, 0.25) is 0 Å². The lowest BCUT2D eigenvalue weighted by atomic mass is 9.83. The number of likely N-dealkylation sites (N-methyl/N-ethyl adjacent to an activating group) is 1. The van der Waals surface area contributed by atoms with E-state index >= 15 is 0 Å². The van der Waals surface area contributed by atoms with Crippen molar-refractivity contribution >= 4 is 0 Å². The van der Waals surface area contributed by atoms with Gasteiger partial charge < -0.3 is 10.0 Å². The average molecular weight is 219 g/mol. The van der Waals surface area contributed by atoms with E-state index in [-0.39, 0.29) is 6.04 Å². The Morgan fingerprint density at radius 1 is 1.25 bits per heavy atom. The van der Waals surface area contributed by atoms with Crippen molar-refractivity contribution in [1.29, 1.82) is 0 Å². The molecule has 1 fully saturated rings. The number of likely N-dealkylation sites (tertiary alicyclic amines) is 1. The molecule has 16 heavy (non-hydrogen) atoms. The minimum atomic E-state index is -0.740. The number of benzene rings is 1. The van der Waals surface area contributed by atoms with Crippen molar-refractivity contribution in [3.05, 3.63) is 35.9 Å². The minimum Gasteiger partial charge on any atom is -0.384 e. The maximum atomic E-state index is 10.7. The molecule has 1 aromatic carbocycles. The van der Waals surface area contributed by atoms with Crippen molar-refractivity contribution in [2.24, 2.45) is 0 Å². The van der Waals surface area contributed by atoms with E-state index in [2.05, 4.69) is 11.9 Å². The van der Waals surface area contributed by atoms with Crippen LogP contribution in [0.3, 0.4) is 0 Å². The van der Waals surface area contributed by atoms with Crippen LogP contribution in [0, 0.1) is 0 Å². The highest BCUT2D eigenvalue weighted by Gasteiger charge is 2.37. The Balaban J connectivity index is 2.23. The molecule has 1 N–H and O–H groups in total. The molecule has 1 aromatic rings. The summed E-state index contributed by atoms with van der Waals surface area (Å²) in [4.78, 5) is 2.29. The van der Waals surface area contributed by atoms with Crippen molar-refractivity contribution in [1.82, 2.24) is 4.90 Å². The lowest BCUT2D eigenvalue weighted by Gasteiger charge is -2.42. The molecule has 88 valence electrons. The van der Waals surface area contributed by atoms with Crippen LogP contribution in [0.5, 0.6) is 0 Å². The molecule has 0 aliphatic carbocycles. The van der Waals surface area contributed by atoms with Gasteiger partial charge in [0.15, 0.2) is 0 Å². The highest BCUT2D eigenvalue weighted by Crippen LogP contribution is 2.32. The highest BCUT2D eigenvalue weighted by molar-refractivity contribution is 5.23. The van der Waals surface area contributed by atoms with Crippen LogP contribution in [-0.2, 0) is 5.60 Å². The Morgan fingerprint density at radius 2 is 1.94 bits per heavy atom. The van der Waals surface area contributed by atoms with E-state index in [1.807, 2.05) is 37.3 Å². The second kappa shape index (κ2) is 4.56.